The monoisotopic (exact) mass is 408 g/mol. The fourth-order valence-electron chi connectivity index (χ4n) is 1.93. The molecule has 3 heterocycles. The van der Waals surface area contributed by atoms with Gasteiger partial charge in [-0.1, -0.05) is 6.07 Å². The van der Waals surface area contributed by atoms with Gasteiger partial charge in [-0.3, -0.25) is 4.79 Å². The molecule has 0 aliphatic rings. The molecule has 26 heavy (non-hydrogen) atoms. The standard InChI is InChI=1S/C16H12N2O5S3/c1-22-16(21)13-9(4-6-25-13)17-12(19)7-23-15(20)10-8-26-14(18-10)11-3-2-5-24-11/h2-6,8H,7H2,1H3,(H,17,19). The Labute approximate surface area is 160 Å². The van der Waals surface area contributed by atoms with Crippen molar-refractivity contribution in [2.45, 2.75) is 0 Å². The molecule has 0 atom stereocenters. The van der Waals surface area contributed by atoms with Gasteiger partial charge in [-0.05, 0) is 22.9 Å². The lowest BCUT2D eigenvalue weighted by Gasteiger charge is -2.06. The van der Waals surface area contributed by atoms with Crippen LogP contribution in [0, 0.1) is 0 Å². The van der Waals surface area contributed by atoms with E-state index in [1.54, 1.807) is 16.8 Å². The summed E-state index contributed by atoms with van der Waals surface area (Å²) in [6.07, 6.45) is 0. The molecule has 0 fully saturated rings. The number of thiazole rings is 1. The van der Waals surface area contributed by atoms with Crippen LogP contribution in [0.3, 0.4) is 0 Å². The maximum atomic E-state index is 12.0. The highest BCUT2D eigenvalue weighted by atomic mass is 32.1. The first-order valence-corrected chi connectivity index (χ1v) is 9.84. The van der Waals surface area contributed by atoms with E-state index in [9.17, 15) is 14.4 Å². The number of carbonyl (C=O) groups is 3. The van der Waals surface area contributed by atoms with Gasteiger partial charge in [0.05, 0.1) is 17.7 Å². The minimum atomic E-state index is -0.683. The van der Waals surface area contributed by atoms with Crippen molar-refractivity contribution in [1.82, 2.24) is 4.98 Å². The molecule has 0 radical (unpaired) electrons. The molecule has 7 nitrogen and oxygen atoms in total. The van der Waals surface area contributed by atoms with Gasteiger partial charge < -0.3 is 14.8 Å². The molecule has 1 amide bonds. The first-order valence-electron chi connectivity index (χ1n) is 7.20. The van der Waals surface area contributed by atoms with Gasteiger partial charge in [0.15, 0.2) is 12.3 Å². The fraction of sp³-hybridized carbons (Fsp3) is 0.125. The number of methoxy groups -OCH3 is 1. The Kier molecular flexibility index (Phi) is 5.76. The molecule has 3 rings (SSSR count). The maximum Gasteiger partial charge on any atom is 0.358 e. The van der Waals surface area contributed by atoms with Crippen LogP contribution in [-0.2, 0) is 14.3 Å². The Balaban J connectivity index is 1.56. The van der Waals surface area contributed by atoms with Gasteiger partial charge in [0, 0.05) is 5.38 Å². The van der Waals surface area contributed by atoms with E-state index >= 15 is 0 Å². The van der Waals surface area contributed by atoms with E-state index in [2.05, 4.69) is 15.0 Å². The number of esters is 2. The average Bonchev–Trinajstić information content (AvgIpc) is 3.39. The van der Waals surface area contributed by atoms with E-state index < -0.39 is 24.5 Å². The quantitative estimate of drug-likeness (QED) is 0.627. The Morgan fingerprint density at radius 2 is 1.96 bits per heavy atom. The van der Waals surface area contributed by atoms with Crippen molar-refractivity contribution in [2.24, 2.45) is 0 Å². The molecule has 0 aromatic carbocycles. The molecule has 0 aliphatic heterocycles. The third-order valence-electron chi connectivity index (χ3n) is 3.09. The smallest absolute Gasteiger partial charge is 0.358 e. The number of nitrogens with one attached hydrogen (secondary N) is 1. The third kappa shape index (κ3) is 4.15. The lowest BCUT2D eigenvalue weighted by atomic mass is 10.4. The molecule has 3 aromatic rings. The van der Waals surface area contributed by atoms with Crippen molar-refractivity contribution >= 4 is 57.5 Å². The number of hydrogen-bond donors (Lipinski definition) is 1. The molecule has 0 saturated heterocycles. The highest BCUT2D eigenvalue weighted by Gasteiger charge is 2.18. The molecule has 3 aromatic heterocycles. The number of carbonyl (C=O) groups excluding carboxylic acids is 3. The minimum Gasteiger partial charge on any atom is -0.465 e. The molecule has 134 valence electrons. The van der Waals surface area contributed by atoms with Gasteiger partial charge in [-0.2, -0.15) is 0 Å². The Bertz CT molecular complexity index is 930. The van der Waals surface area contributed by atoms with E-state index in [4.69, 9.17) is 4.74 Å². The summed E-state index contributed by atoms with van der Waals surface area (Å²) in [5, 5.41) is 8.39. The molecule has 0 saturated carbocycles. The zero-order chi connectivity index (χ0) is 18.5. The van der Waals surface area contributed by atoms with Crippen LogP contribution >= 0.6 is 34.0 Å². The molecule has 10 heteroatoms. The SMILES string of the molecule is COC(=O)c1sccc1NC(=O)COC(=O)c1csc(-c2cccs2)n1. The van der Waals surface area contributed by atoms with E-state index in [1.807, 2.05) is 17.5 Å². The largest absolute Gasteiger partial charge is 0.465 e. The van der Waals surface area contributed by atoms with Gasteiger partial charge in [-0.15, -0.1) is 34.0 Å². The summed E-state index contributed by atoms with van der Waals surface area (Å²) >= 11 is 3.99. The lowest BCUT2D eigenvalue weighted by molar-refractivity contribution is -0.119. The second-order valence-electron chi connectivity index (χ2n) is 4.79. The molecule has 1 N–H and O–H groups in total. The van der Waals surface area contributed by atoms with Crippen molar-refractivity contribution in [3.8, 4) is 9.88 Å². The highest BCUT2D eigenvalue weighted by Crippen LogP contribution is 2.28. The molecular weight excluding hydrogens is 396 g/mol. The van der Waals surface area contributed by atoms with E-state index in [0.29, 0.717) is 5.69 Å². The van der Waals surface area contributed by atoms with Crippen LogP contribution in [0.5, 0.6) is 0 Å². The second-order valence-corrected chi connectivity index (χ2v) is 7.52. The van der Waals surface area contributed by atoms with Crippen LogP contribution < -0.4 is 5.32 Å². The zero-order valence-electron chi connectivity index (χ0n) is 13.4. The summed E-state index contributed by atoms with van der Waals surface area (Å²) in [5.41, 5.74) is 0.466. The predicted molar refractivity (Wildman–Crippen MR) is 100.0 cm³/mol. The predicted octanol–water partition coefficient (Wildman–Crippen LogP) is 3.52. The van der Waals surface area contributed by atoms with Crippen molar-refractivity contribution in [3.05, 3.63) is 44.9 Å². The molecule has 0 aliphatic carbocycles. The number of aromatic nitrogens is 1. The number of nitrogens with zero attached hydrogens (tertiary/aromatic N) is 1. The topological polar surface area (TPSA) is 94.6 Å². The summed E-state index contributed by atoms with van der Waals surface area (Å²) in [6, 6.07) is 5.38. The summed E-state index contributed by atoms with van der Waals surface area (Å²) in [7, 11) is 1.26. The summed E-state index contributed by atoms with van der Waals surface area (Å²) in [6.45, 7) is -0.485. The Morgan fingerprint density at radius 1 is 1.12 bits per heavy atom. The van der Waals surface area contributed by atoms with Crippen molar-refractivity contribution in [2.75, 3.05) is 19.0 Å². The molecular formula is C16H12N2O5S3. The molecule has 0 unspecified atom stereocenters. The van der Waals surface area contributed by atoms with Gasteiger partial charge in [0.25, 0.3) is 5.91 Å². The van der Waals surface area contributed by atoms with Gasteiger partial charge >= 0.3 is 11.9 Å². The highest BCUT2D eigenvalue weighted by molar-refractivity contribution is 7.20. The van der Waals surface area contributed by atoms with Crippen LogP contribution in [0.4, 0.5) is 5.69 Å². The summed E-state index contributed by atoms with van der Waals surface area (Å²) in [5.74, 6) is -1.79. The number of rotatable bonds is 6. The normalized spacial score (nSPS) is 10.3. The van der Waals surface area contributed by atoms with Gasteiger partial charge in [-0.25, -0.2) is 14.6 Å². The second kappa shape index (κ2) is 8.21. The van der Waals surface area contributed by atoms with Crippen LogP contribution in [0.2, 0.25) is 0 Å². The molecule has 0 spiro atoms. The summed E-state index contributed by atoms with van der Waals surface area (Å²) < 4.78 is 9.61. The van der Waals surface area contributed by atoms with Gasteiger partial charge in [0.2, 0.25) is 0 Å². The van der Waals surface area contributed by atoms with Crippen LogP contribution in [0.15, 0.2) is 34.3 Å². The van der Waals surface area contributed by atoms with E-state index in [-0.39, 0.29) is 10.6 Å². The number of ether oxygens (including phenoxy) is 2. The van der Waals surface area contributed by atoms with Crippen LogP contribution in [0.25, 0.3) is 9.88 Å². The first-order chi connectivity index (χ1) is 12.6. The van der Waals surface area contributed by atoms with E-state index in [1.165, 1.54) is 29.8 Å². The van der Waals surface area contributed by atoms with Gasteiger partial charge in [0.1, 0.15) is 9.88 Å². The van der Waals surface area contributed by atoms with Crippen LogP contribution in [0.1, 0.15) is 20.2 Å². The average molecular weight is 408 g/mol. The van der Waals surface area contributed by atoms with E-state index in [0.717, 1.165) is 21.2 Å². The summed E-state index contributed by atoms with van der Waals surface area (Å²) in [4.78, 5) is 41.0. The maximum absolute atomic E-state index is 12.0. The Morgan fingerprint density at radius 3 is 2.69 bits per heavy atom. The number of hydrogen-bond acceptors (Lipinski definition) is 9. The fourth-order valence-corrected chi connectivity index (χ4v) is 4.30. The number of thiophene rings is 2. The minimum absolute atomic E-state index is 0.150. The van der Waals surface area contributed by atoms with Crippen molar-refractivity contribution in [3.63, 3.8) is 0 Å². The Hall–Kier alpha value is -2.56. The lowest BCUT2D eigenvalue weighted by Crippen LogP contribution is -2.21. The molecule has 0 bridgehead atoms. The zero-order valence-corrected chi connectivity index (χ0v) is 15.8. The van der Waals surface area contributed by atoms with Crippen molar-refractivity contribution < 1.29 is 23.9 Å². The van der Waals surface area contributed by atoms with Crippen molar-refractivity contribution in [1.29, 1.82) is 0 Å². The van der Waals surface area contributed by atoms with Crippen LogP contribution in [-0.4, -0.2) is 36.5 Å². The third-order valence-corrected chi connectivity index (χ3v) is 5.87. The number of anilines is 1. The first kappa shape index (κ1) is 18.2. The number of amides is 1.